The van der Waals surface area contributed by atoms with Gasteiger partial charge >= 0.3 is 0 Å². The lowest BCUT2D eigenvalue weighted by Crippen LogP contribution is -2.64. The van der Waals surface area contributed by atoms with Crippen molar-refractivity contribution in [2.75, 3.05) is 19.8 Å². The van der Waals surface area contributed by atoms with Crippen LogP contribution in [0.2, 0.25) is 0 Å². The minimum Gasteiger partial charge on any atom is -0.394 e. The highest BCUT2D eigenvalue weighted by molar-refractivity contribution is 9.10. The quantitative estimate of drug-likeness (QED) is 0.869. The van der Waals surface area contributed by atoms with E-state index >= 15 is 0 Å². The van der Waals surface area contributed by atoms with Crippen molar-refractivity contribution in [2.24, 2.45) is 0 Å². The second-order valence-corrected chi connectivity index (χ2v) is 4.81. The molecule has 1 fully saturated rings. The van der Waals surface area contributed by atoms with Crippen molar-refractivity contribution in [3.63, 3.8) is 0 Å². The van der Waals surface area contributed by atoms with Gasteiger partial charge in [0.1, 0.15) is 5.54 Å². The molecule has 0 aromatic heterocycles. The normalized spacial score (nSPS) is 17.6. The van der Waals surface area contributed by atoms with Crippen LogP contribution in [0.1, 0.15) is 10.4 Å². The van der Waals surface area contributed by atoms with Gasteiger partial charge in [-0.05, 0) is 18.2 Å². The highest BCUT2D eigenvalue weighted by Gasteiger charge is 2.39. The van der Waals surface area contributed by atoms with Gasteiger partial charge in [0, 0.05) is 10.0 Å². The van der Waals surface area contributed by atoms with E-state index in [-0.39, 0.29) is 12.5 Å². The van der Waals surface area contributed by atoms with Crippen LogP contribution in [0.4, 0.5) is 0 Å². The Labute approximate surface area is 102 Å². The van der Waals surface area contributed by atoms with Crippen molar-refractivity contribution in [3.05, 3.63) is 34.3 Å². The summed E-state index contributed by atoms with van der Waals surface area (Å²) in [7, 11) is 0. The molecule has 0 bridgehead atoms. The highest BCUT2D eigenvalue weighted by Crippen LogP contribution is 2.18. The molecular weight excluding hydrogens is 274 g/mol. The standard InChI is InChI=1S/C11H12BrNO3/c12-9-3-1-2-8(4-9)10(15)13-11(5-14)6-16-7-11/h1-4,14H,5-7H2,(H,13,15). The molecule has 16 heavy (non-hydrogen) atoms. The maximum atomic E-state index is 11.9. The van der Waals surface area contributed by atoms with E-state index in [1.54, 1.807) is 18.2 Å². The lowest BCUT2D eigenvalue weighted by molar-refractivity contribution is -0.0919. The molecule has 2 N–H and O–H groups in total. The molecule has 1 aromatic carbocycles. The molecule has 0 spiro atoms. The fourth-order valence-electron chi connectivity index (χ4n) is 1.49. The van der Waals surface area contributed by atoms with Crippen LogP contribution in [0.25, 0.3) is 0 Å². The number of amides is 1. The van der Waals surface area contributed by atoms with Crippen molar-refractivity contribution in [2.45, 2.75) is 5.54 Å². The molecule has 0 unspecified atom stereocenters. The van der Waals surface area contributed by atoms with Crippen molar-refractivity contribution < 1.29 is 14.6 Å². The number of rotatable bonds is 3. The number of halogens is 1. The third-order valence-electron chi connectivity index (χ3n) is 2.52. The van der Waals surface area contributed by atoms with Gasteiger partial charge in [-0.2, -0.15) is 0 Å². The van der Waals surface area contributed by atoms with Crippen LogP contribution >= 0.6 is 15.9 Å². The Morgan fingerprint density at radius 2 is 2.31 bits per heavy atom. The number of aliphatic hydroxyl groups is 1. The van der Waals surface area contributed by atoms with Gasteiger partial charge in [0.25, 0.3) is 5.91 Å². The number of ether oxygens (including phenoxy) is 1. The molecule has 0 saturated carbocycles. The number of hydrogen-bond acceptors (Lipinski definition) is 3. The molecule has 1 aromatic rings. The first kappa shape index (κ1) is 11.6. The molecule has 1 aliphatic rings. The number of nitrogens with one attached hydrogen (secondary N) is 1. The Morgan fingerprint density at radius 1 is 1.56 bits per heavy atom. The number of benzene rings is 1. The predicted molar refractivity (Wildman–Crippen MR) is 62.2 cm³/mol. The second kappa shape index (κ2) is 4.53. The number of hydrogen-bond donors (Lipinski definition) is 2. The van der Waals surface area contributed by atoms with E-state index < -0.39 is 5.54 Å². The van der Waals surface area contributed by atoms with Gasteiger partial charge in [-0.25, -0.2) is 0 Å². The Kier molecular flexibility index (Phi) is 3.28. The maximum Gasteiger partial charge on any atom is 0.251 e. The zero-order chi connectivity index (χ0) is 11.6. The molecule has 1 amide bonds. The van der Waals surface area contributed by atoms with Crippen molar-refractivity contribution >= 4 is 21.8 Å². The van der Waals surface area contributed by atoms with Crippen molar-refractivity contribution in [3.8, 4) is 0 Å². The molecule has 0 atom stereocenters. The summed E-state index contributed by atoms with van der Waals surface area (Å²) >= 11 is 3.30. The molecule has 2 rings (SSSR count). The van der Waals surface area contributed by atoms with Gasteiger partial charge in [0.05, 0.1) is 19.8 Å². The average Bonchev–Trinajstić information content (AvgIpc) is 2.23. The summed E-state index contributed by atoms with van der Waals surface area (Å²) in [6.07, 6.45) is 0. The first-order valence-corrected chi connectivity index (χ1v) is 5.71. The van der Waals surface area contributed by atoms with E-state index in [1.165, 1.54) is 0 Å². The largest absolute Gasteiger partial charge is 0.394 e. The Balaban J connectivity index is 2.08. The molecule has 1 aliphatic heterocycles. The van der Waals surface area contributed by atoms with Crippen LogP contribution in [0.3, 0.4) is 0 Å². The third kappa shape index (κ3) is 2.26. The van der Waals surface area contributed by atoms with E-state index in [0.717, 1.165) is 4.47 Å². The SMILES string of the molecule is O=C(NC1(CO)COC1)c1cccc(Br)c1. The summed E-state index contributed by atoms with van der Waals surface area (Å²) in [5.74, 6) is -0.196. The van der Waals surface area contributed by atoms with E-state index in [0.29, 0.717) is 18.8 Å². The van der Waals surface area contributed by atoms with Crippen molar-refractivity contribution in [1.82, 2.24) is 5.32 Å². The van der Waals surface area contributed by atoms with Crippen LogP contribution in [0.15, 0.2) is 28.7 Å². The van der Waals surface area contributed by atoms with Crippen LogP contribution < -0.4 is 5.32 Å². The summed E-state index contributed by atoms with van der Waals surface area (Å²) in [4.78, 5) is 11.9. The van der Waals surface area contributed by atoms with Gasteiger partial charge in [-0.3, -0.25) is 4.79 Å². The minimum absolute atomic E-state index is 0.104. The van der Waals surface area contributed by atoms with E-state index in [9.17, 15) is 9.90 Å². The summed E-state index contributed by atoms with van der Waals surface area (Å²) in [5, 5.41) is 12.0. The summed E-state index contributed by atoms with van der Waals surface area (Å²) < 4.78 is 5.86. The molecule has 86 valence electrons. The van der Waals surface area contributed by atoms with Crippen LogP contribution in [-0.2, 0) is 4.74 Å². The predicted octanol–water partition coefficient (Wildman–Crippen LogP) is 0.940. The number of carbonyl (C=O) groups is 1. The first-order valence-electron chi connectivity index (χ1n) is 4.92. The van der Waals surface area contributed by atoms with Gasteiger partial charge < -0.3 is 15.2 Å². The van der Waals surface area contributed by atoms with E-state index in [4.69, 9.17) is 4.74 Å². The molecule has 1 heterocycles. The molecular formula is C11H12BrNO3. The molecule has 0 radical (unpaired) electrons. The zero-order valence-corrected chi connectivity index (χ0v) is 10.2. The first-order chi connectivity index (χ1) is 7.65. The van der Waals surface area contributed by atoms with E-state index in [2.05, 4.69) is 21.2 Å². The fourth-order valence-corrected chi connectivity index (χ4v) is 1.89. The van der Waals surface area contributed by atoms with Gasteiger partial charge in [-0.1, -0.05) is 22.0 Å². The third-order valence-corrected chi connectivity index (χ3v) is 3.02. The average molecular weight is 286 g/mol. The fraction of sp³-hybridized carbons (Fsp3) is 0.364. The zero-order valence-electron chi connectivity index (χ0n) is 8.57. The smallest absolute Gasteiger partial charge is 0.251 e. The summed E-state index contributed by atoms with van der Waals surface area (Å²) in [5.41, 5.74) is -0.0338. The topological polar surface area (TPSA) is 58.6 Å². The van der Waals surface area contributed by atoms with E-state index in [1.807, 2.05) is 6.07 Å². The maximum absolute atomic E-state index is 11.9. The van der Waals surface area contributed by atoms with Gasteiger partial charge in [0.15, 0.2) is 0 Å². The number of carbonyl (C=O) groups excluding carboxylic acids is 1. The minimum atomic E-state index is -0.598. The molecule has 4 nitrogen and oxygen atoms in total. The molecule has 1 saturated heterocycles. The van der Waals surface area contributed by atoms with Crippen LogP contribution in [0, 0.1) is 0 Å². The molecule has 5 heteroatoms. The number of aliphatic hydroxyl groups excluding tert-OH is 1. The molecule has 0 aliphatic carbocycles. The van der Waals surface area contributed by atoms with Crippen LogP contribution in [-0.4, -0.2) is 36.4 Å². The van der Waals surface area contributed by atoms with Crippen molar-refractivity contribution in [1.29, 1.82) is 0 Å². The second-order valence-electron chi connectivity index (χ2n) is 3.90. The summed E-state index contributed by atoms with van der Waals surface area (Å²) in [6, 6.07) is 7.11. The van der Waals surface area contributed by atoms with Crippen LogP contribution in [0.5, 0.6) is 0 Å². The Morgan fingerprint density at radius 3 is 2.81 bits per heavy atom. The lowest BCUT2D eigenvalue weighted by atomic mass is 9.98. The summed E-state index contributed by atoms with van der Waals surface area (Å²) in [6.45, 7) is 0.624. The monoisotopic (exact) mass is 285 g/mol. The lowest BCUT2D eigenvalue weighted by Gasteiger charge is -2.40. The Bertz CT molecular complexity index is 398. The van der Waals surface area contributed by atoms with Gasteiger partial charge in [0.2, 0.25) is 0 Å². The Hall–Kier alpha value is -0.910. The van der Waals surface area contributed by atoms with Gasteiger partial charge in [-0.15, -0.1) is 0 Å². The highest BCUT2D eigenvalue weighted by atomic mass is 79.9.